The Morgan fingerprint density at radius 2 is 1.83 bits per heavy atom. The minimum Gasteiger partial charge on any atom is -0.477 e. The summed E-state index contributed by atoms with van der Waals surface area (Å²) in [6, 6.07) is 1.78. The summed E-state index contributed by atoms with van der Waals surface area (Å²) in [6.45, 7) is 9.83. The van der Waals surface area contributed by atoms with Gasteiger partial charge in [0.1, 0.15) is 6.26 Å². The fraction of sp³-hybridized carbons (Fsp3) is 0.500. The number of pyridine rings is 1. The van der Waals surface area contributed by atoms with Gasteiger partial charge < -0.3 is 24.2 Å². The number of hydrogen-bond donors (Lipinski definition) is 1. The second kappa shape index (κ2) is 5.79. The fourth-order valence-corrected chi connectivity index (χ4v) is 2.35. The maximum absolute atomic E-state index is 6.03. The average molecular weight is 331 g/mol. The Balaban J connectivity index is 1.82. The molecule has 1 aliphatic heterocycles. The molecular weight excluding hydrogens is 309 g/mol. The summed E-state index contributed by atoms with van der Waals surface area (Å²) in [6.07, 6.45) is 4.31. The third-order valence-electron chi connectivity index (χ3n) is 4.53. The highest BCUT2D eigenvalue weighted by Gasteiger charge is 2.52. The van der Waals surface area contributed by atoms with Crippen molar-refractivity contribution in [2.75, 3.05) is 5.73 Å². The fourth-order valence-electron chi connectivity index (χ4n) is 2.35. The van der Waals surface area contributed by atoms with Crippen LogP contribution in [0.1, 0.15) is 46.6 Å². The normalized spacial score (nSPS) is 20.1. The molecule has 2 aromatic rings. The Morgan fingerprint density at radius 1 is 1.17 bits per heavy atom. The monoisotopic (exact) mass is 331 g/mol. The van der Waals surface area contributed by atoms with Crippen LogP contribution in [0.2, 0.25) is 0 Å². The van der Waals surface area contributed by atoms with Gasteiger partial charge in [0.05, 0.1) is 17.4 Å². The van der Waals surface area contributed by atoms with Crippen molar-refractivity contribution >= 4 is 18.4 Å². The van der Waals surface area contributed by atoms with Gasteiger partial charge in [-0.25, -0.2) is 9.97 Å². The van der Waals surface area contributed by atoms with Crippen LogP contribution in [0.4, 0.5) is 5.82 Å². The second-order valence-corrected chi connectivity index (χ2v) is 6.87. The highest BCUT2D eigenvalue weighted by Crippen LogP contribution is 2.36. The van der Waals surface area contributed by atoms with Crippen LogP contribution in [0.3, 0.4) is 0 Å². The topological polar surface area (TPSA) is 92.6 Å². The molecule has 7 nitrogen and oxygen atoms in total. The lowest BCUT2D eigenvalue weighted by atomic mass is 9.80. The molecule has 8 heteroatoms. The maximum Gasteiger partial charge on any atom is 0.496 e. The SMILES string of the molecule is CC(Oc1cc(B2OC(C)(C)C(C)(C)O2)cnc1N)c1ncco1. The number of anilines is 1. The number of ether oxygens (including phenoxy) is 1. The van der Waals surface area contributed by atoms with E-state index in [9.17, 15) is 0 Å². The van der Waals surface area contributed by atoms with E-state index in [1.54, 1.807) is 18.5 Å². The van der Waals surface area contributed by atoms with Gasteiger partial charge in [0.25, 0.3) is 0 Å². The predicted molar refractivity (Wildman–Crippen MR) is 89.9 cm³/mol. The summed E-state index contributed by atoms with van der Waals surface area (Å²) in [4.78, 5) is 8.27. The lowest BCUT2D eigenvalue weighted by Crippen LogP contribution is -2.41. The Morgan fingerprint density at radius 3 is 2.42 bits per heavy atom. The molecule has 0 radical (unpaired) electrons. The number of hydrogen-bond acceptors (Lipinski definition) is 7. The van der Waals surface area contributed by atoms with Gasteiger partial charge in [-0.1, -0.05) is 0 Å². The van der Waals surface area contributed by atoms with Gasteiger partial charge in [-0.2, -0.15) is 0 Å². The van der Waals surface area contributed by atoms with Crippen molar-refractivity contribution in [1.29, 1.82) is 0 Å². The first-order valence-corrected chi connectivity index (χ1v) is 7.87. The first-order chi connectivity index (χ1) is 11.2. The standard InChI is InChI=1S/C16H22BN3O4/c1-10(14-19-6-7-21-14)22-12-8-11(9-20-13(12)18)17-23-15(2,3)16(4,5)24-17/h6-10H,1-5H3,(H2,18,20). The molecular formula is C16H22BN3O4. The number of nitrogen functional groups attached to an aromatic ring is 1. The molecule has 0 amide bonds. The van der Waals surface area contributed by atoms with Crippen LogP contribution < -0.4 is 15.9 Å². The summed E-state index contributed by atoms with van der Waals surface area (Å²) in [5.74, 6) is 1.19. The molecule has 0 saturated carbocycles. The number of aromatic nitrogens is 2. The van der Waals surface area contributed by atoms with E-state index < -0.39 is 24.4 Å². The number of nitrogens with two attached hydrogens (primary N) is 1. The van der Waals surface area contributed by atoms with E-state index in [1.807, 2.05) is 34.6 Å². The molecule has 0 aromatic carbocycles. The molecule has 1 saturated heterocycles. The Labute approximate surface area is 141 Å². The van der Waals surface area contributed by atoms with Crippen LogP contribution in [-0.4, -0.2) is 28.3 Å². The van der Waals surface area contributed by atoms with Crippen LogP contribution >= 0.6 is 0 Å². The molecule has 3 rings (SSSR count). The van der Waals surface area contributed by atoms with E-state index in [-0.39, 0.29) is 5.82 Å². The van der Waals surface area contributed by atoms with Crippen LogP contribution in [0.15, 0.2) is 29.1 Å². The molecule has 1 atom stereocenters. The number of nitrogens with zero attached hydrogens (tertiary/aromatic N) is 2. The lowest BCUT2D eigenvalue weighted by Gasteiger charge is -2.32. The average Bonchev–Trinajstić information content (AvgIpc) is 3.08. The van der Waals surface area contributed by atoms with Crippen molar-refractivity contribution in [3.05, 3.63) is 30.6 Å². The summed E-state index contributed by atoms with van der Waals surface area (Å²) >= 11 is 0. The summed E-state index contributed by atoms with van der Waals surface area (Å²) < 4.78 is 23.1. The molecule has 128 valence electrons. The van der Waals surface area contributed by atoms with E-state index in [4.69, 9.17) is 24.2 Å². The van der Waals surface area contributed by atoms with Crippen LogP contribution in [0.25, 0.3) is 0 Å². The minimum absolute atomic E-state index is 0.286. The molecule has 2 aromatic heterocycles. The summed E-state index contributed by atoms with van der Waals surface area (Å²) in [5.41, 5.74) is 5.82. The molecule has 2 N–H and O–H groups in total. The van der Waals surface area contributed by atoms with E-state index in [1.165, 1.54) is 6.26 Å². The van der Waals surface area contributed by atoms with Gasteiger partial charge in [-0.3, -0.25) is 0 Å². The van der Waals surface area contributed by atoms with Crippen molar-refractivity contribution in [2.24, 2.45) is 0 Å². The van der Waals surface area contributed by atoms with Crippen LogP contribution in [-0.2, 0) is 9.31 Å². The molecule has 0 spiro atoms. The van der Waals surface area contributed by atoms with E-state index in [2.05, 4.69) is 9.97 Å². The van der Waals surface area contributed by atoms with Crippen molar-refractivity contribution in [1.82, 2.24) is 9.97 Å². The molecule has 1 fully saturated rings. The molecule has 3 heterocycles. The summed E-state index contributed by atoms with van der Waals surface area (Å²) in [5, 5.41) is 0. The number of oxazole rings is 1. The van der Waals surface area contributed by atoms with Crippen molar-refractivity contribution in [3.63, 3.8) is 0 Å². The van der Waals surface area contributed by atoms with Gasteiger partial charge in [0.2, 0.25) is 5.89 Å². The third-order valence-corrected chi connectivity index (χ3v) is 4.53. The van der Waals surface area contributed by atoms with E-state index in [0.29, 0.717) is 11.6 Å². The first-order valence-electron chi connectivity index (χ1n) is 7.87. The van der Waals surface area contributed by atoms with Crippen LogP contribution in [0.5, 0.6) is 5.75 Å². The van der Waals surface area contributed by atoms with E-state index >= 15 is 0 Å². The van der Waals surface area contributed by atoms with Gasteiger partial charge in [0.15, 0.2) is 17.7 Å². The van der Waals surface area contributed by atoms with Crippen LogP contribution in [0, 0.1) is 0 Å². The highest BCUT2D eigenvalue weighted by molar-refractivity contribution is 6.62. The van der Waals surface area contributed by atoms with Crippen molar-refractivity contribution < 1.29 is 18.5 Å². The minimum atomic E-state index is -0.525. The largest absolute Gasteiger partial charge is 0.496 e. The lowest BCUT2D eigenvalue weighted by molar-refractivity contribution is 0.00578. The van der Waals surface area contributed by atoms with Crippen molar-refractivity contribution in [3.8, 4) is 5.75 Å². The van der Waals surface area contributed by atoms with E-state index in [0.717, 1.165) is 5.46 Å². The molecule has 0 aliphatic carbocycles. The first kappa shape index (κ1) is 16.8. The second-order valence-electron chi connectivity index (χ2n) is 6.87. The molecule has 0 bridgehead atoms. The third kappa shape index (κ3) is 2.99. The maximum atomic E-state index is 6.03. The molecule has 1 unspecified atom stereocenters. The zero-order chi connectivity index (χ0) is 17.5. The zero-order valence-electron chi connectivity index (χ0n) is 14.6. The predicted octanol–water partition coefficient (Wildman–Crippen LogP) is 2.09. The Hall–Kier alpha value is -2.06. The molecule has 1 aliphatic rings. The van der Waals surface area contributed by atoms with Gasteiger partial charge in [-0.15, -0.1) is 0 Å². The van der Waals surface area contributed by atoms with Gasteiger partial charge in [-0.05, 0) is 40.7 Å². The Kier molecular flexibility index (Phi) is 4.05. The highest BCUT2D eigenvalue weighted by atomic mass is 16.7. The van der Waals surface area contributed by atoms with Crippen molar-refractivity contribution in [2.45, 2.75) is 51.9 Å². The Bertz CT molecular complexity index is 702. The molecule has 24 heavy (non-hydrogen) atoms. The van der Waals surface area contributed by atoms with Gasteiger partial charge in [0, 0.05) is 11.7 Å². The van der Waals surface area contributed by atoms with Gasteiger partial charge >= 0.3 is 7.12 Å². The smallest absolute Gasteiger partial charge is 0.477 e. The number of rotatable bonds is 4. The quantitative estimate of drug-likeness (QED) is 0.858. The zero-order valence-corrected chi connectivity index (χ0v) is 14.6. The summed E-state index contributed by atoms with van der Waals surface area (Å²) in [7, 11) is -0.525.